The van der Waals surface area contributed by atoms with Gasteiger partial charge in [0.1, 0.15) is 5.82 Å². The Labute approximate surface area is 70.0 Å². The molecule has 0 radical (unpaired) electrons. The van der Waals surface area contributed by atoms with E-state index in [4.69, 9.17) is 5.26 Å². The number of nitriles is 1. The third-order valence-corrected chi connectivity index (χ3v) is 1.44. The number of hydrogen-bond donors (Lipinski definition) is 0. The first-order valence-corrected chi connectivity index (χ1v) is 3.41. The molecule has 1 aromatic heterocycles. The first-order chi connectivity index (χ1) is 5.74. The van der Waals surface area contributed by atoms with Crippen LogP contribution in [0.2, 0.25) is 0 Å². The lowest BCUT2D eigenvalue weighted by Gasteiger charge is -1.97. The average Bonchev–Trinajstić information content (AvgIpc) is 2.05. The van der Waals surface area contributed by atoms with Gasteiger partial charge in [0.2, 0.25) is 0 Å². The largest absolute Gasteiger partial charge is 0.261 e. The summed E-state index contributed by atoms with van der Waals surface area (Å²) in [6.07, 6.45) is 4.01. The number of nitrogens with zero attached hydrogens (tertiary/aromatic N) is 2. The molecule has 0 aliphatic carbocycles. The van der Waals surface area contributed by atoms with E-state index in [9.17, 15) is 4.39 Å². The Morgan fingerprint density at radius 3 is 3.00 bits per heavy atom. The van der Waals surface area contributed by atoms with Crippen molar-refractivity contribution >= 4 is 5.57 Å². The molecule has 3 heteroatoms. The second-order valence-electron chi connectivity index (χ2n) is 2.35. The van der Waals surface area contributed by atoms with Crippen LogP contribution in [0.15, 0.2) is 24.5 Å². The lowest BCUT2D eigenvalue weighted by molar-refractivity contribution is 0.621. The van der Waals surface area contributed by atoms with Gasteiger partial charge in [-0.3, -0.25) is 4.98 Å². The van der Waals surface area contributed by atoms with Crippen LogP contribution in [0.5, 0.6) is 0 Å². The minimum atomic E-state index is -0.391. The van der Waals surface area contributed by atoms with Gasteiger partial charge in [-0.15, -0.1) is 0 Å². The molecule has 0 aliphatic heterocycles. The van der Waals surface area contributed by atoms with Crippen LogP contribution in [0.4, 0.5) is 4.39 Å². The van der Waals surface area contributed by atoms with Gasteiger partial charge < -0.3 is 0 Å². The maximum atomic E-state index is 12.6. The first kappa shape index (κ1) is 8.41. The molecule has 2 nitrogen and oxygen atoms in total. The molecule has 0 spiro atoms. The third-order valence-electron chi connectivity index (χ3n) is 1.44. The zero-order valence-electron chi connectivity index (χ0n) is 6.58. The lowest BCUT2D eigenvalue weighted by atomic mass is 10.1. The molecule has 0 bridgehead atoms. The van der Waals surface area contributed by atoms with Gasteiger partial charge in [-0.25, -0.2) is 4.39 Å². The summed E-state index contributed by atoms with van der Waals surface area (Å²) in [4.78, 5) is 3.66. The maximum Gasteiger partial charge on any atom is 0.142 e. The van der Waals surface area contributed by atoms with Crippen molar-refractivity contribution in [2.24, 2.45) is 0 Å². The number of pyridine rings is 1. The van der Waals surface area contributed by atoms with Crippen LogP contribution in [0.3, 0.4) is 0 Å². The van der Waals surface area contributed by atoms with E-state index >= 15 is 0 Å². The highest BCUT2D eigenvalue weighted by atomic mass is 19.1. The van der Waals surface area contributed by atoms with Gasteiger partial charge >= 0.3 is 0 Å². The molecule has 0 aliphatic rings. The van der Waals surface area contributed by atoms with Gasteiger partial charge in [-0.1, -0.05) is 0 Å². The standard InChI is InChI=1S/C9H7FN2/c1-7(2-3-11)8-4-9(10)6-12-5-8/h2,4-6H,1H3/b7-2-. The molecule has 0 N–H and O–H groups in total. The van der Waals surface area contributed by atoms with E-state index < -0.39 is 5.82 Å². The zero-order valence-corrected chi connectivity index (χ0v) is 6.58. The Morgan fingerprint density at radius 1 is 1.67 bits per heavy atom. The van der Waals surface area contributed by atoms with E-state index in [0.717, 1.165) is 6.20 Å². The molecule has 0 saturated heterocycles. The quantitative estimate of drug-likeness (QED) is 0.593. The zero-order chi connectivity index (χ0) is 8.97. The minimum absolute atomic E-state index is 0.391. The number of hydrogen-bond acceptors (Lipinski definition) is 2. The van der Waals surface area contributed by atoms with E-state index in [1.165, 1.54) is 18.3 Å². The van der Waals surface area contributed by atoms with Gasteiger partial charge in [0.15, 0.2) is 0 Å². The molecule has 1 heterocycles. The highest BCUT2D eigenvalue weighted by molar-refractivity contribution is 5.64. The highest BCUT2D eigenvalue weighted by Gasteiger charge is 1.96. The van der Waals surface area contributed by atoms with Crippen LogP contribution in [0, 0.1) is 17.1 Å². The second-order valence-corrected chi connectivity index (χ2v) is 2.35. The normalized spacial score (nSPS) is 10.9. The summed E-state index contributed by atoms with van der Waals surface area (Å²) in [5.74, 6) is -0.391. The van der Waals surface area contributed by atoms with Crippen molar-refractivity contribution in [3.05, 3.63) is 35.9 Å². The number of allylic oxidation sites excluding steroid dienone is 2. The molecular weight excluding hydrogens is 155 g/mol. The summed E-state index contributed by atoms with van der Waals surface area (Å²) < 4.78 is 12.6. The summed E-state index contributed by atoms with van der Waals surface area (Å²) in [6.45, 7) is 1.74. The molecule has 60 valence electrons. The first-order valence-electron chi connectivity index (χ1n) is 3.41. The van der Waals surface area contributed by atoms with Gasteiger partial charge in [0, 0.05) is 12.3 Å². The van der Waals surface area contributed by atoms with Crippen LogP contribution in [0.1, 0.15) is 12.5 Å². The summed E-state index contributed by atoms with van der Waals surface area (Å²) >= 11 is 0. The summed E-state index contributed by atoms with van der Waals surface area (Å²) in [6, 6.07) is 3.22. The Kier molecular flexibility index (Phi) is 2.54. The molecule has 0 atom stereocenters. The van der Waals surface area contributed by atoms with Crippen LogP contribution in [-0.4, -0.2) is 4.98 Å². The molecule has 0 saturated carbocycles. The fourth-order valence-corrected chi connectivity index (χ4v) is 0.808. The molecule has 0 aromatic carbocycles. The summed E-state index contributed by atoms with van der Waals surface area (Å²) in [5.41, 5.74) is 1.35. The lowest BCUT2D eigenvalue weighted by Crippen LogP contribution is -1.84. The SMILES string of the molecule is C/C(=C/C#N)c1cncc(F)c1. The summed E-state index contributed by atoms with van der Waals surface area (Å²) in [7, 11) is 0. The van der Waals surface area contributed by atoms with Crippen LogP contribution in [-0.2, 0) is 0 Å². The topological polar surface area (TPSA) is 36.7 Å². The van der Waals surface area contributed by atoms with E-state index in [0.29, 0.717) is 11.1 Å². The van der Waals surface area contributed by atoms with Crippen LogP contribution >= 0.6 is 0 Å². The number of halogens is 1. The fourth-order valence-electron chi connectivity index (χ4n) is 0.808. The third kappa shape index (κ3) is 1.89. The van der Waals surface area contributed by atoms with Crippen molar-refractivity contribution in [3.8, 4) is 6.07 Å². The van der Waals surface area contributed by atoms with Crippen molar-refractivity contribution in [1.29, 1.82) is 5.26 Å². The molecule has 0 fully saturated rings. The van der Waals surface area contributed by atoms with E-state index in [-0.39, 0.29) is 0 Å². The van der Waals surface area contributed by atoms with Crippen molar-refractivity contribution < 1.29 is 4.39 Å². The number of aromatic nitrogens is 1. The molecule has 12 heavy (non-hydrogen) atoms. The van der Waals surface area contributed by atoms with Crippen LogP contribution in [0.25, 0.3) is 5.57 Å². The van der Waals surface area contributed by atoms with E-state index in [1.807, 2.05) is 6.07 Å². The molecule has 0 unspecified atom stereocenters. The Balaban J connectivity index is 3.05. The molecule has 1 rings (SSSR count). The van der Waals surface area contributed by atoms with Crippen LogP contribution < -0.4 is 0 Å². The van der Waals surface area contributed by atoms with Gasteiger partial charge in [-0.2, -0.15) is 5.26 Å². The van der Waals surface area contributed by atoms with Crippen molar-refractivity contribution in [2.45, 2.75) is 6.92 Å². The Bertz CT molecular complexity index is 350. The van der Waals surface area contributed by atoms with E-state index in [1.54, 1.807) is 6.92 Å². The molecule has 0 amide bonds. The fraction of sp³-hybridized carbons (Fsp3) is 0.111. The van der Waals surface area contributed by atoms with Crippen molar-refractivity contribution in [3.63, 3.8) is 0 Å². The number of rotatable bonds is 1. The van der Waals surface area contributed by atoms with Gasteiger partial charge in [0.25, 0.3) is 0 Å². The highest BCUT2D eigenvalue weighted by Crippen LogP contribution is 2.12. The predicted octanol–water partition coefficient (Wildman–Crippen LogP) is 2.15. The molecule has 1 aromatic rings. The van der Waals surface area contributed by atoms with Crippen molar-refractivity contribution in [2.75, 3.05) is 0 Å². The maximum absolute atomic E-state index is 12.6. The smallest absolute Gasteiger partial charge is 0.142 e. The second kappa shape index (κ2) is 3.63. The van der Waals surface area contributed by atoms with Gasteiger partial charge in [0.05, 0.1) is 12.3 Å². The summed E-state index contributed by atoms with van der Waals surface area (Å²) in [5, 5.41) is 8.33. The minimum Gasteiger partial charge on any atom is -0.261 e. The van der Waals surface area contributed by atoms with Gasteiger partial charge in [-0.05, 0) is 24.1 Å². The Hall–Kier alpha value is -1.69. The van der Waals surface area contributed by atoms with E-state index in [2.05, 4.69) is 4.98 Å². The van der Waals surface area contributed by atoms with Crippen molar-refractivity contribution in [1.82, 2.24) is 4.98 Å². The Morgan fingerprint density at radius 2 is 2.42 bits per heavy atom. The molecular formula is C9H7FN2. The predicted molar refractivity (Wildman–Crippen MR) is 43.5 cm³/mol. The monoisotopic (exact) mass is 162 g/mol. The average molecular weight is 162 g/mol.